The summed E-state index contributed by atoms with van der Waals surface area (Å²) in [5.41, 5.74) is 0. The van der Waals surface area contributed by atoms with Crippen LogP contribution in [-0.2, 0) is 19.2 Å². The molecule has 0 rings (SSSR count). The molecule has 0 amide bonds. The van der Waals surface area contributed by atoms with Crippen LogP contribution in [0.3, 0.4) is 0 Å². The lowest BCUT2D eigenvalue weighted by Gasteiger charge is -1.92. The highest BCUT2D eigenvalue weighted by molar-refractivity contribution is 5.75. The fourth-order valence-electron chi connectivity index (χ4n) is 0.990. The monoisotopic (exact) mass is 354 g/mol. The van der Waals surface area contributed by atoms with Crippen LogP contribution in [0.15, 0.2) is 0 Å². The summed E-state index contributed by atoms with van der Waals surface area (Å²) < 4.78 is 0. The van der Waals surface area contributed by atoms with Crippen molar-refractivity contribution in [3.05, 3.63) is 0 Å². The van der Waals surface area contributed by atoms with Gasteiger partial charge in [-0.15, -0.1) is 0 Å². The van der Waals surface area contributed by atoms with Gasteiger partial charge in [0.2, 0.25) is 0 Å². The average molecular weight is 354 g/mol. The zero-order valence-electron chi connectivity index (χ0n) is 13.4. The molecular weight excluding hydrogens is 328 g/mol. The molecule has 0 atom stereocenters. The van der Waals surface area contributed by atoms with Crippen LogP contribution in [0.5, 0.6) is 0 Å². The maximum absolute atomic E-state index is 9.90. The van der Waals surface area contributed by atoms with Crippen molar-refractivity contribution in [2.45, 2.75) is 51.4 Å². The maximum atomic E-state index is 9.90. The number of aliphatic hydroxyl groups excluding tert-OH is 2. The Morgan fingerprint density at radius 3 is 0.875 bits per heavy atom. The third kappa shape index (κ3) is 42.7. The highest BCUT2D eigenvalue weighted by atomic mass is 16.4. The lowest BCUT2D eigenvalue weighted by Crippen LogP contribution is -2.00. The molecule has 6 N–H and O–H groups in total. The number of aliphatic hydroxyl groups is 2. The van der Waals surface area contributed by atoms with Gasteiger partial charge in [0.25, 0.3) is 0 Å². The second-order valence-corrected chi connectivity index (χ2v) is 4.44. The maximum Gasteiger partial charge on any atom is 0.303 e. The van der Waals surface area contributed by atoms with Crippen LogP contribution in [0.1, 0.15) is 51.4 Å². The fourth-order valence-corrected chi connectivity index (χ4v) is 0.990. The molecule has 0 unspecified atom stereocenters. The number of carboxylic acids is 4. The van der Waals surface area contributed by atoms with E-state index in [2.05, 4.69) is 0 Å². The third-order valence-corrected chi connectivity index (χ3v) is 2.15. The minimum atomic E-state index is -1.08. The topological polar surface area (TPSA) is 190 Å². The van der Waals surface area contributed by atoms with Gasteiger partial charge < -0.3 is 30.6 Å². The average Bonchev–Trinajstić information content (AvgIpc) is 2.48. The Morgan fingerprint density at radius 2 is 0.708 bits per heavy atom. The molecule has 0 aliphatic rings. The highest BCUT2D eigenvalue weighted by Gasteiger charge is 2.00. The molecule has 0 saturated carbocycles. The van der Waals surface area contributed by atoms with E-state index >= 15 is 0 Å². The smallest absolute Gasteiger partial charge is 0.303 e. The Kier molecular flexibility index (Phi) is 23.1. The first kappa shape index (κ1) is 26.7. The zero-order chi connectivity index (χ0) is 19.4. The van der Waals surface area contributed by atoms with Gasteiger partial charge in [-0.05, 0) is 25.7 Å². The normalized spacial score (nSPS) is 8.92. The van der Waals surface area contributed by atoms with Gasteiger partial charge in [0.1, 0.15) is 0 Å². The van der Waals surface area contributed by atoms with Gasteiger partial charge in [-0.3, -0.25) is 19.2 Å². The highest BCUT2D eigenvalue weighted by Crippen LogP contribution is 1.98. The van der Waals surface area contributed by atoms with Crippen molar-refractivity contribution in [3.63, 3.8) is 0 Å². The summed E-state index contributed by atoms with van der Waals surface area (Å²) >= 11 is 0. The molecular formula is C14H26O10. The van der Waals surface area contributed by atoms with Crippen LogP contribution in [0.2, 0.25) is 0 Å². The molecule has 0 aromatic carbocycles. The van der Waals surface area contributed by atoms with Crippen LogP contribution >= 0.6 is 0 Å². The predicted octanol–water partition coefficient (Wildman–Crippen LogP) is 0.403. The number of rotatable bonds is 11. The van der Waals surface area contributed by atoms with Gasteiger partial charge >= 0.3 is 23.9 Å². The first-order valence-electron chi connectivity index (χ1n) is 7.26. The second kappa shape index (κ2) is 20.8. The predicted molar refractivity (Wildman–Crippen MR) is 81.7 cm³/mol. The van der Waals surface area contributed by atoms with E-state index in [1.807, 2.05) is 0 Å². The van der Waals surface area contributed by atoms with E-state index in [-0.39, 0.29) is 38.9 Å². The molecule has 142 valence electrons. The summed E-state index contributed by atoms with van der Waals surface area (Å²) in [5.74, 6) is -3.89. The van der Waals surface area contributed by atoms with Crippen LogP contribution in [0.4, 0.5) is 0 Å². The molecule has 0 aromatic heterocycles. The standard InChI is InChI=1S/C6H10O4.C4H6O4.C4H10O2/c7-5(8)3-1-2-4-6(9)10;5-3(6)1-2-4(7)8;5-3-1-2-4-6/h1-4H2,(H,7,8)(H,9,10);1-2H2,(H,5,6)(H,7,8);5-6H,1-4H2. The van der Waals surface area contributed by atoms with E-state index in [0.717, 1.165) is 12.8 Å². The van der Waals surface area contributed by atoms with E-state index < -0.39 is 23.9 Å². The number of carboxylic acid groups (broad SMARTS) is 4. The lowest BCUT2D eigenvalue weighted by molar-refractivity contribution is -0.143. The van der Waals surface area contributed by atoms with Crippen molar-refractivity contribution < 1.29 is 49.8 Å². The second-order valence-electron chi connectivity index (χ2n) is 4.44. The Labute approximate surface area is 139 Å². The zero-order valence-corrected chi connectivity index (χ0v) is 13.4. The first-order chi connectivity index (χ1) is 11.2. The Balaban J connectivity index is -0.000000285. The number of hydrogen-bond donors (Lipinski definition) is 6. The van der Waals surface area contributed by atoms with Gasteiger partial charge in [-0.2, -0.15) is 0 Å². The van der Waals surface area contributed by atoms with Crippen LogP contribution < -0.4 is 0 Å². The lowest BCUT2D eigenvalue weighted by atomic mass is 10.2. The molecule has 0 bridgehead atoms. The number of unbranched alkanes of at least 4 members (excludes halogenated alkanes) is 2. The molecule has 0 aliphatic heterocycles. The molecule has 0 spiro atoms. The summed E-state index contributed by atoms with van der Waals surface area (Å²) in [5, 5.41) is 48.2. The molecule has 10 heteroatoms. The molecule has 0 fully saturated rings. The molecule has 0 aromatic rings. The third-order valence-electron chi connectivity index (χ3n) is 2.15. The molecule has 10 nitrogen and oxygen atoms in total. The summed E-state index contributed by atoms with van der Waals surface area (Å²) in [6.07, 6.45) is 1.86. The molecule has 0 saturated heterocycles. The van der Waals surface area contributed by atoms with Crippen molar-refractivity contribution in [1.82, 2.24) is 0 Å². The number of aliphatic carboxylic acids is 4. The summed E-state index contributed by atoms with van der Waals surface area (Å²) in [4.78, 5) is 39.1. The first-order valence-corrected chi connectivity index (χ1v) is 7.26. The van der Waals surface area contributed by atoms with Gasteiger partial charge in [0, 0.05) is 26.1 Å². The molecule has 0 radical (unpaired) electrons. The van der Waals surface area contributed by atoms with Crippen molar-refractivity contribution in [2.24, 2.45) is 0 Å². The number of carbonyl (C=O) groups is 4. The van der Waals surface area contributed by atoms with Crippen molar-refractivity contribution in [3.8, 4) is 0 Å². The quantitative estimate of drug-likeness (QED) is 0.283. The largest absolute Gasteiger partial charge is 0.481 e. The summed E-state index contributed by atoms with van der Waals surface area (Å²) in [6, 6.07) is 0. The molecule has 0 heterocycles. The van der Waals surface area contributed by atoms with Crippen molar-refractivity contribution in [2.75, 3.05) is 13.2 Å². The van der Waals surface area contributed by atoms with E-state index in [4.69, 9.17) is 30.6 Å². The SMILES string of the molecule is O=C(O)CCC(=O)O.O=C(O)CCCCC(=O)O.OCCCCO. The van der Waals surface area contributed by atoms with Crippen LogP contribution in [-0.4, -0.2) is 67.7 Å². The van der Waals surface area contributed by atoms with E-state index in [1.165, 1.54) is 0 Å². The van der Waals surface area contributed by atoms with E-state index in [9.17, 15) is 19.2 Å². The molecule has 0 aliphatic carbocycles. The van der Waals surface area contributed by atoms with E-state index in [0.29, 0.717) is 12.8 Å². The van der Waals surface area contributed by atoms with Gasteiger partial charge in [0.05, 0.1) is 12.8 Å². The summed E-state index contributed by atoms with van der Waals surface area (Å²) in [7, 11) is 0. The van der Waals surface area contributed by atoms with Crippen molar-refractivity contribution >= 4 is 23.9 Å². The summed E-state index contributed by atoms with van der Waals surface area (Å²) in [6.45, 7) is 0.390. The fraction of sp³-hybridized carbons (Fsp3) is 0.714. The van der Waals surface area contributed by atoms with Crippen LogP contribution in [0.25, 0.3) is 0 Å². The Morgan fingerprint density at radius 1 is 0.458 bits per heavy atom. The number of hydrogen-bond acceptors (Lipinski definition) is 6. The van der Waals surface area contributed by atoms with Gasteiger partial charge in [-0.1, -0.05) is 0 Å². The van der Waals surface area contributed by atoms with Crippen molar-refractivity contribution in [1.29, 1.82) is 0 Å². The van der Waals surface area contributed by atoms with Crippen LogP contribution in [0, 0.1) is 0 Å². The molecule has 24 heavy (non-hydrogen) atoms. The Hall–Kier alpha value is -2.20. The van der Waals surface area contributed by atoms with E-state index in [1.54, 1.807) is 0 Å². The minimum Gasteiger partial charge on any atom is -0.481 e. The Bertz CT molecular complexity index is 319. The minimum absolute atomic E-state index is 0.0628. The van der Waals surface area contributed by atoms with Gasteiger partial charge in [0.15, 0.2) is 0 Å². The van der Waals surface area contributed by atoms with Gasteiger partial charge in [-0.25, -0.2) is 0 Å².